The number of piperidine rings is 1. The molecule has 1 aliphatic heterocycles. The molecular formula is C17H22N4. The summed E-state index contributed by atoms with van der Waals surface area (Å²) in [6.07, 6.45) is 5.40. The van der Waals surface area contributed by atoms with E-state index in [4.69, 9.17) is 5.73 Å². The summed E-state index contributed by atoms with van der Waals surface area (Å²) in [6.45, 7) is 4.22. The van der Waals surface area contributed by atoms with Gasteiger partial charge in [0, 0.05) is 12.7 Å². The van der Waals surface area contributed by atoms with Crippen LogP contribution in [0.5, 0.6) is 0 Å². The van der Waals surface area contributed by atoms with Crippen LogP contribution in [-0.2, 0) is 6.54 Å². The second kappa shape index (κ2) is 6.22. The molecule has 0 radical (unpaired) electrons. The average Bonchev–Trinajstić information content (AvgIpc) is 2.48. The fourth-order valence-corrected chi connectivity index (χ4v) is 3.13. The molecular weight excluding hydrogens is 260 g/mol. The summed E-state index contributed by atoms with van der Waals surface area (Å²) in [4.78, 5) is 10.9. The van der Waals surface area contributed by atoms with Gasteiger partial charge in [-0.25, -0.2) is 9.97 Å². The monoisotopic (exact) mass is 282 g/mol. The number of likely N-dealkylation sites (tertiary alicyclic amines) is 1. The first-order valence-electron chi connectivity index (χ1n) is 7.60. The summed E-state index contributed by atoms with van der Waals surface area (Å²) in [7, 11) is 0. The van der Waals surface area contributed by atoms with Crippen molar-refractivity contribution in [3.63, 3.8) is 0 Å². The number of rotatable bonds is 3. The summed E-state index contributed by atoms with van der Waals surface area (Å²) in [5.41, 5.74) is 9.47. The van der Waals surface area contributed by atoms with Gasteiger partial charge in [-0.3, -0.25) is 4.90 Å². The molecule has 110 valence electrons. The minimum absolute atomic E-state index is 0.351. The lowest BCUT2D eigenvalue weighted by atomic mass is 9.98. The summed E-state index contributed by atoms with van der Waals surface area (Å²) in [5.74, 6) is 0.369. The highest BCUT2D eigenvalue weighted by Crippen LogP contribution is 2.31. The Morgan fingerprint density at radius 3 is 3.00 bits per heavy atom. The Labute approximate surface area is 126 Å². The number of nitrogen functional groups attached to an aromatic ring is 1. The smallest absolute Gasteiger partial charge is 0.220 e. The Balaban J connectivity index is 1.81. The molecule has 1 fully saturated rings. The first-order valence-corrected chi connectivity index (χ1v) is 7.60. The molecule has 21 heavy (non-hydrogen) atoms. The molecule has 0 saturated carbocycles. The van der Waals surface area contributed by atoms with Gasteiger partial charge in [-0.2, -0.15) is 0 Å². The van der Waals surface area contributed by atoms with Crippen molar-refractivity contribution in [1.29, 1.82) is 0 Å². The van der Waals surface area contributed by atoms with Crippen LogP contribution in [0.2, 0.25) is 0 Å². The number of aryl methyl sites for hydroxylation is 1. The average molecular weight is 282 g/mol. The van der Waals surface area contributed by atoms with E-state index in [1.807, 2.05) is 6.07 Å². The van der Waals surface area contributed by atoms with E-state index in [-0.39, 0.29) is 0 Å². The maximum Gasteiger partial charge on any atom is 0.220 e. The molecule has 2 heterocycles. The van der Waals surface area contributed by atoms with Crippen LogP contribution in [-0.4, -0.2) is 21.4 Å². The lowest BCUT2D eigenvalue weighted by Gasteiger charge is -2.35. The molecule has 1 aromatic carbocycles. The van der Waals surface area contributed by atoms with Crippen molar-refractivity contribution in [3.8, 4) is 0 Å². The first-order chi connectivity index (χ1) is 10.2. The fourth-order valence-electron chi connectivity index (χ4n) is 3.13. The molecule has 2 N–H and O–H groups in total. The SMILES string of the molecule is Cc1cccc(CN2CCCC[C@@H]2c2ccnc(N)n2)c1. The number of benzene rings is 1. The molecule has 4 heteroatoms. The molecule has 1 aromatic heterocycles. The van der Waals surface area contributed by atoms with Crippen LogP contribution >= 0.6 is 0 Å². The lowest BCUT2D eigenvalue weighted by Crippen LogP contribution is -2.33. The Morgan fingerprint density at radius 2 is 2.19 bits per heavy atom. The first kappa shape index (κ1) is 14.0. The van der Waals surface area contributed by atoms with Crippen molar-refractivity contribution in [2.24, 2.45) is 0 Å². The van der Waals surface area contributed by atoms with Crippen LogP contribution in [0.15, 0.2) is 36.5 Å². The third-order valence-corrected chi connectivity index (χ3v) is 4.12. The van der Waals surface area contributed by atoms with Gasteiger partial charge in [0.05, 0.1) is 11.7 Å². The number of nitrogens with zero attached hydrogens (tertiary/aromatic N) is 3. The molecule has 3 rings (SSSR count). The topological polar surface area (TPSA) is 55.0 Å². The van der Waals surface area contributed by atoms with Crippen LogP contribution in [0.1, 0.15) is 42.1 Å². The van der Waals surface area contributed by atoms with E-state index in [0.717, 1.165) is 25.2 Å². The molecule has 0 amide bonds. The zero-order chi connectivity index (χ0) is 14.7. The van der Waals surface area contributed by atoms with Gasteiger partial charge in [-0.1, -0.05) is 36.2 Å². The summed E-state index contributed by atoms with van der Waals surface area (Å²) >= 11 is 0. The lowest BCUT2D eigenvalue weighted by molar-refractivity contribution is 0.137. The van der Waals surface area contributed by atoms with E-state index in [1.165, 1.54) is 24.0 Å². The maximum absolute atomic E-state index is 5.74. The molecule has 0 aliphatic carbocycles. The van der Waals surface area contributed by atoms with Crippen molar-refractivity contribution in [2.75, 3.05) is 12.3 Å². The predicted octanol–water partition coefficient (Wildman–Crippen LogP) is 3.09. The zero-order valence-electron chi connectivity index (χ0n) is 12.5. The third-order valence-electron chi connectivity index (χ3n) is 4.12. The van der Waals surface area contributed by atoms with Crippen molar-refractivity contribution < 1.29 is 0 Å². The molecule has 1 saturated heterocycles. The maximum atomic E-state index is 5.74. The van der Waals surface area contributed by atoms with E-state index < -0.39 is 0 Å². The van der Waals surface area contributed by atoms with Gasteiger partial charge >= 0.3 is 0 Å². The molecule has 4 nitrogen and oxygen atoms in total. The molecule has 1 atom stereocenters. The molecule has 0 spiro atoms. The van der Waals surface area contributed by atoms with Crippen molar-refractivity contribution in [3.05, 3.63) is 53.3 Å². The molecule has 2 aromatic rings. The predicted molar refractivity (Wildman–Crippen MR) is 84.6 cm³/mol. The Hall–Kier alpha value is -1.94. The summed E-state index contributed by atoms with van der Waals surface area (Å²) < 4.78 is 0. The highest BCUT2D eigenvalue weighted by atomic mass is 15.2. The zero-order valence-corrected chi connectivity index (χ0v) is 12.5. The van der Waals surface area contributed by atoms with E-state index in [1.54, 1.807) is 6.20 Å². The number of aromatic nitrogens is 2. The van der Waals surface area contributed by atoms with Crippen molar-refractivity contribution in [1.82, 2.24) is 14.9 Å². The normalized spacial score (nSPS) is 19.6. The van der Waals surface area contributed by atoms with Crippen LogP contribution in [0.3, 0.4) is 0 Å². The Kier molecular flexibility index (Phi) is 4.15. The highest BCUT2D eigenvalue weighted by Gasteiger charge is 2.25. The number of hydrogen-bond donors (Lipinski definition) is 1. The van der Waals surface area contributed by atoms with Gasteiger partial charge in [-0.05, 0) is 37.9 Å². The highest BCUT2D eigenvalue weighted by molar-refractivity contribution is 5.23. The standard InChI is InChI=1S/C17H22N4/c1-13-5-4-6-14(11-13)12-21-10-3-2-7-16(21)15-8-9-19-17(18)20-15/h4-6,8-9,11,16H,2-3,7,10,12H2,1H3,(H2,18,19,20)/t16-/m1/s1. The fraction of sp³-hybridized carbons (Fsp3) is 0.412. The quantitative estimate of drug-likeness (QED) is 0.940. The van der Waals surface area contributed by atoms with E-state index >= 15 is 0 Å². The second-order valence-corrected chi connectivity index (χ2v) is 5.81. The number of nitrogens with two attached hydrogens (primary N) is 1. The van der Waals surface area contributed by atoms with E-state index in [0.29, 0.717) is 12.0 Å². The van der Waals surface area contributed by atoms with Crippen molar-refractivity contribution in [2.45, 2.75) is 38.8 Å². The minimum Gasteiger partial charge on any atom is -0.368 e. The van der Waals surface area contributed by atoms with E-state index in [9.17, 15) is 0 Å². The van der Waals surface area contributed by atoms with Gasteiger partial charge in [0.2, 0.25) is 5.95 Å². The number of hydrogen-bond acceptors (Lipinski definition) is 4. The van der Waals surface area contributed by atoms with Gasteiger partial charge in [0.1, 0.15) is 0 Å². The van der Waals surface area contributed by atoms with Gasteiger partial charge < -0.3 is 5.73 Å². The summed E-state index contributed by atoms with van der Waals surface area (Å²) in [5, 5.41) is 0. The minimum atomic E-state index is 0.351. The number of anilines is 1. The molecule has 1 aliphatic rings. The third kappa shape index (κ3) is 3.39. The van der Waals surface area contributed by atoms with Gasteiger partial charge in [0.15, 0.2) is 0 Å². The Bertz CT molecular complexity index is 611. The van der Waals surface area contributed by atoms with Crippen LogP contribution in [0.25, 0.3) is 0 Å². The van der Waals surface area contributed by atoms with Crippen LogP contribution in [0, 0.1) is 6.92 Å². The second-order valence-electron chi connectivity index (χ2n) is 5.81. The van der Waals surface area contributed by atoms with Crippen LogP contribution < -0.4 is 5.73 Å². The molecule has 0 bridgehead atoms. The van der Waals surface area contributed by atoms with Crippen molar-refractivity contribution >= 4 is 5.95 Å². The van der Waals surface area contributed by atoms with Gasteiger partial charge in [-0.15, -0.1) is 0 Å². The van der Waals surface area contributed by atoms with E-state index in [2.05, 4.69) is 46.1 Å². The molecule has 0 unspecified atom stereocenters. The Morgan fingerprint density at radius 1 is 1.29 bits per heavy atom. The van der Waals surface area contributed by atoms with Crippen LogP contribution in [0.4, 0.5) is 5.95 Å². The largest absolute Gasteiger partial charge is 0.368 e. The summed E-state index contributed by atoms with van der Waals surface area (Å²) in [6, 6.07) is 11.1. The van der Waals surface area contributed by atoms with Gasteiger partial charge in [0.25, 0.3) is 0 Å².